The highest BCUT2D eigenvalue weighted by Gasteiger charge is 2.14. The molecule has 0 saturated carbocycles. The van der Waals surface area contributed by atoms with Gasteiger partial charge in [-0.1, -0.05) is 11.2 Å². The van der Waals surface area contributed by atoms with Crippen LogP contribution in [0.1, 0.15) is 17.1 Å². The minimum Gasteiger partial charge on any atom is -0.491 e. The third kappa shape index (κ3) is 3.43. The number of nitrogens with zero attached hydrogens (tertiary/aromatic N) is 3. The Bertz CT molecular complexity index is 965. The molecule has 0 bridgehead atoms. The lowest BCUT2D eigenvalue weighted by Gasteiger charge is -2.09. The van der Waals surface area contributed by atoms with Crippen LogP contribution in [0.5, 0.6) is 5.75 Å². The second-order valence-electron chi connectivity index (χ2n) is 5.51. The van der Waals surface area contributed by atoms with Crippen molar-refractivity contribution < 1.29 is 13.7 Å². The number of nitrogens with two attached hydrogens (primary N) is 1. The summed E-state index contributed by atoms with van der Waals surface area (Å²) in [5.41, 5.74) is 6.92. The van der Waals surface area contributed by atoms with Crippen molar-refractivity contribution in [3.05, 3.63) is 63.7 Å². The number of aromatic nitrogens is 3. The minimum absolute atomic E-state index is 0.154. The minimum atomic E-state index is -0.462. The molecule has 0 aliphatic carbocycles. The lowest BCUT2D eigenvalue weighted by molar-refractivity contribution is 0.366. The van der Waals surface area contributed by atoms with Crippen LogP contribution in [0.2, 0.25) is 0 Å². The van der Waals surface area contributed by atoms with Gasteiger partial charge in [-0.25, -0.2) is 4.39 Å². The van der Waals surface area contributed by atoms with Gasteiger partial charge in [0.2, 0.25) is 17.1 Å². The van der Waals surface area contributed by atoms with Crippen molar-refractivity contribution in [3.8, 4) is 17.1 Å². The fourth-order valence-electron chi connectivity index (χ4n) is 2.42. The van der Waals surface area contributed by atoms with E-state index in [2.05, 4.69) is 10.1 Å². The maximum Gasteiger partial charge on any atom is 0.246 e. The number of hydrogen-bond acceptors (Lipinski definition) is 6. The topological polar surface area (TPSA) is 96.2 Å². The summed E-state index contributed by atoms with van der Waals surface area (Å²) in [5, 5.41) is 3.83. The molecule has 2 aromatic heterocycles. The SMILES string of the molecule is COc1cn(Cc2nc(-c3ccc(CN)cc3F)no2)c(C)cc1=O. The highest BCUT2D eigenvalue weighted by atomic mass is 19.1. The van der Waals surface area contributed by atoms with E-state index in [0.29, 0.717) is 11.3 Å². The fraction of sp³-hybridized carbons (Fsp3) is 0.235. The molecule has 0 spiro atoms. The Morgan fingerprint density at radius 2 is 2.16 bits per heavy atom. The molecule has 3 rings (SSSR count). The van der Waals surface area contributed by atoms with Crippen molar-refractivity contribution in [1.29, 1.82) is 0 Å². The van der Waals surface area contributed by atoms with E-state index in [0.717, 1.165) is 0 Å². The van der Waals surface area contributed by atoms with Gasteiger partial charge in [0.15, 0.2) is 5.75 Å². The molecular weight excluding hydrogens is 327 g/mol. The number of halogens is 1. The average Bonchev–Trinajstić information content (AvgIpc) is 3.05. The van der Waals surface area contributed by atoms with Crippen LogP contribution in [0.3, 0.4) is 0 Å². The molecule has 2 N–H and O–H groups in total. The summed E-state index contributed by atoms with van der Waals surface area (Å²) in [6.07, 6.45) is 1.57. The number of benzene rings is 1. The van der Waals surface area contributed by atoms with E-state index in [1.807, 2.05) is 0 Å². The van der Waals surface area contributed by atoms with E-state index < -0.39 is 5.82 Å². The largest absolute Gasteiger partial charge is 0.491 e. The van der Waals surface area contributed by atoms with Crippen LogP contribution in [0.25, 0.3) is 11.4 Å². The van der Waals surface area contributed by atoms with Crippen molar-refractivity contribution in [2.24, 2.45) is 5.73 Å². The zero-order valence-electron chi connectivity index (χ0n) is 13.8. The molecular formula is C17H17FN4O3. The normalized spacial score (nSPS) is 10.9. The maximum absolute atomic E-state index is 14.1. The Balaban J connectivity index is 1.89. The molecule has 0 aliphatic rings. The molecule has 0 unspecified atom stereocenters. The first-order valence-corrected chi connectivity index (χ1v) is 7.58. The van der Waals surface area contributed by atoms with Gasteiger partial charge < -0.3 is 19.6 Å². The first kappa shape index (κ1) is 16.8. The Morgan fingerprint density at radius 3 is 2.84 bits per heavy atom. The Kier molecular flexibility index (Phi) is 4.62. The fourth-order valence-corrected chi connectivity index (χ4v) is 2.42. The highest BCUT2D eigenvalue weighted by Crippen LogP contribution is 2.21. The second-order valence-corrected chi connectivity index (χ2v) is 5.51. The third-order valence-corrected chi connectivity index (χ3v) is 3.81. The van der Waals surface area contributed by atoms with Gasteiger partial charge in [0.1, 0.15) is 12.4 Å². The number of ether oxygens (including phenoxy) is 1. The molecule has 0 aliphatic heterocycles. The number of hydrogen-bond donors (Lipinski definition) is 1. The van der Waals surface area contributed by atoms with Gasteiger partial charge >= 0.3 is 0 Å². The molecule has 130 valence electrons. The third-order valence-electron chi connectivity index (χ3n) is 3.81. The smallest absolute Gasteiger partial charge is 0.246 e. The number of methoxy groups -OCH3 is 1. The molecule has 0 radical (unpaired) electrons. The maximum atomic E-state index is 14.1. The summed E-state index contributed by atoms with van der Waals surface area (Å²) >= 11 is 0. The van der Waals surface area contributed by atoms with Crippen LogP contribution in [0, 0.1) is 12.7 Å². The van der Waals surface area contributed by atoms with Crippen LogP contribution >= 0.6 is 0 Å². The van der Waals surface area contributed by atoms with Crippen molar-refractivity contribution in [2.45, 2.75) is 20.0 Å². The Hall–Kier alpha value is -3.00. The molecule has 2 heterocycles. The van der Waals surface area contributed by atoms with Crippen LogP contribution in [-0.4, -0.2) is 21.8 Å². The van der Waals surface area contributed by atoms with E-state index in [-0.39, 0.29) is 41.5 Å². The highest BCUT2D eigenvalue weighted by molar-refractivity contribution is 5.55. The molecule has 7 nitrogen and oxygen atoms in total. The molecule has 0 fully saturated rings. The molecule has 0 amide bonds. The van der Waals surface area contributed by atoms with Gasteiger partial charge in [0.05, 0.1) is 18.9 Å². The quantitative estimate of drug-likeness (QED) is 0.759. The standard InChI is InChI=1S/C17H17FN4O3/c1-10-5-14(23)15(24-2)8-22(10)9-16-20-17(21-25-16)12-4-3-11(7-19)6-13(12)18/h3-6,8H,7,9,19H2,1-2H3. The van der Waals surface area contributed by atoms with Gasteiger partial charge in [-0.05, 0) is 24.6 Å². The lowest BCUT2D eigenvalue weighted by Crippen LogP contribution is -2.13. The molecule has 3 aromatic rings. The predicted octanol–water partition coefficient (Wildman–Crippen LogP) is 1.86. The van der Waals surface area contributed by atoms with Gasteiger partial charge in [-0.3, -0.25) is 4.79 Å². The summed E-state index contributed by atoms with van der Waals surface area (Å²) in [6, 6.07) is 6.09. The predicted molar refractivity (Wildman–Crippen MR) is 88.7 cm³/mol. The summed E-state index contributed by atoms with van der Waals surface area (Å²) in [4.78, 5) is 15.9. The van der Waals surface area contributed by atoms with Gasteiger partial charge in [-0.2, -0.15) is 4.98 Å². The zero-order valence-corrected chi connectivity index (χ0v) is 13.8. The summed E-state index contributed by atoms with van der Waals surface area (Å²) in [5.74, 6) is 0.193. The van der Waals surface area contributed by atoms with E-state index in [1.54, 1.807) is 29.8 Å². The van der Waals surface area contributed by atoms with Crippen molar-refractivity contribution in [1.82, 2.24) is 14.7 Å². The van der Waals surface area contributed by atoms with E-state index in [1.165, 1.54) is 19.2 Å². The number of rotatable bonds is 5. The molecule has 25 heavy (non-hydrogen) atoms. The van der Waals surface area contributed by atoms with Crippen molar-refractivity contribution in [2.75, 3.05) is 7.11 Å². The van der Waals surface area contributed by atoms with Gasteiger partial charge in [-0.15, -0.1) is 0 Å². The van der Waals surface area contributed by atoms with Crippen molar-refractivity contribution >= 4 is 0 Å². The molecule has 0 atom stereocenters. The molecule has 1 aromatic carbocycles. The Labute approximate surface area is 142 Å². The van der Waals surface area contributed by atoms with Crippen LogP contribution in [-0.2, 0) is 13.1 Å². The molecule has 8 heteroatoms. The van der Waals surface area contributed by atoms with Crippen LogP contribution in [0.15, 0.2) is 39.8 Å². The number of pyridine rings is 1. The second kappa shape index (κ2) is 6.86. The van der Waals surface area contributed by atoms with Crippen molar-refractivity contribution in [3.63, 3.8) is 0 Å². The summed E-state index contributed by atoms with van der Waals surface area (Å²) in [7, 11) is 1.43. The van der Waals surface area contributed by atoms with Gasteiger partial charge in [0, 0.05) is 18.3 Å². The van der Waals surface area contributed by atoms with E-state index in [4.69, 9.17) is 15.0 Å². The first-order chi connectivity index (χ1) is 12.0. The van der Waals surface area contributed by atoms with E-state index >= 15 is 0 Å². The summed E-state index contributed by atoms with van der Waals surface area (Å²) in [6.45, 7) is 2.27. The van der Waals surface area contributed by atoms with Gasteiger partial charge in [0.25, 0.3) is 0 Å². The average molecular weight is 344 g/mol. The zero-order chi connectivity index (χ0) is 18.0. The van der Waals surface area contributed by atoms with Crippen LogP contribution in [0.4, 0.5) is 4.39 Å². The monoisotopic (exact) mass is 344 g/mol. The van der Waals surface area contributed by atoms with E-state index in [9.17, 15) is 9.18 Å². The lowest BCUT2D eigenvalue weighted by atomic mass is 10.1. The first-order valence-electron chi connectivity index (χ1n) is 7.58. The number of aryl methyl sites for hydroxylation is 1. The van der Waals surface area contributed by atoms with Crippen LogP contribution < -0.4 is 15.9 Å². The Morgan fingerprint density at radius 1 is 1.36 bits per heavy atom. The molecule has 0 saturated heterocycles. The summed E-state index contributed by atoms with van der Waals surface area (Å²) < 4.78 is 26.1.